The van der Waals surface area contributed by atoms with E-state index in [9.17, 15) is 8.42 Å². The van der Waals surface area contributed by atoms with E-state index in [1.165, 1.54) is 0 Å². The Bertz CT molecular complexity index is 291. The van der Waals surface area contributed by atoms with Crippen LogP contribution >= 0.6 is 21.8 Å². The molecule has 0 atom stereocenters. The molecule has 0 spiro atoms. The first-order valence-electron chi connectivity index (χ1n) is 2.22. The monoisotopic (exact) mass is 218 g/mol. The Hall–Kier alpha value is 0.230. The normalized spacial score (nSPS) is 23.4. The predicted octanol–water partition coefficient (Wildman–Crippen LogP) is 0.578. The minimum Gasteiger partial charge on any atom is -0.278 e. The number of rotatable bonds is 1. The van der Waals surface area contributed by atoms with E-state index in [1.807, 2.05) is 0 Å². The molecule has 0 aromatic rings. The molecule has 0 bridgehead atoms. The van der Waals surface area contributed by atoms with E-state index >= 15 is 0 Å². The first-order chi connectivity index (χ1) is 4.84. The SMILES string of the molecule is O=S(=O)(O)C1=CSS[N+]1(O)O. The van der Waals surface area contributed by atoms with E-state index in [4.69, 9.17) is 15.0 Å². The van der Waals surface area contributed by atoms with Crippen molar-refractivity contribution in [3.63, 3.8) is 0 Å². The summed E-state index contributed by atoms with van der Waals surface area (Å²) in [5.41, 5.74) is 0. The van der Waals surface area contributed by atoms with Gasteiger partial charge in [-0.25, -0.2) is 0 Å². The summed E-state index contributed by atoms with van der Waals surface area (Å²) in [6.07, 6.45) is 0. The fourth-order valence-corrected chi connectivity index (χ4v) is 3.68. The van der Waals surface area contributed by atoms with Gasteiger partial charge in [-0.2, -0.15) is 18.8 Å². The molecule has 0 fully saturated rings. The van der Waals surface area contributed by atoms with Crippen LogP contribution in [0.3, 0.4) is 0 Å². The lowest BCUT2D eigenvalue weighted by Crippen LogP contribution is -2.32. The lowest BCUT2D eigenvalue weighted by atomic mass is 11.0. The predicted molar refractivity (Wildman–Crippen MR) is 38.6 cm³/mol. The van der Waals surface area contributed by atoms with E-state index in [2.05, 4.69) is 0 Å². The minimum atomic E-state index is -4.52. The molecule has 64 valence electrons. The average molecular weight is 218 g/mol. The molecule has 0 saturated heterocycles. The molecule has 0 aliphatic carbocycles. The van der Waals surface area contributed by atoms with Gasteiger partial charge in [-0.15, -0.1) is 0 Å². The van der Waals surface area contributed by atoms with Crippen LogP contribution in [0.5, 0.6) is 0 Å². The van der Waals surface area contributed by atoms with Crippen LogP contribution in [-0.2, 0) is 10.1 Å². The van der Waals surface area contributed by atoms with Crippen LogP contribution in [0.15, 0.2) is 10.4 Å². The molecule has 0 radical (unpaired) electrons. The van der Waals surface area contributed by atoms with Gasteiger partial charge in [-0.1, -0.05) is 0 Å². The van der Waals surface area contributed by atoms with Crippen molar-refractivity contribution in [2.75, 3.05) is 0 Å². The lowest BCUT2D eigenvalue weighted by molar-refractivity contribution is -1.11. The third-order valence-corrected chi connectivity index (χ3v) is 3.99. The van der Waals surface area contributed by atoms with Crippen molar-refractivity contribution < 1.29 is 27.6 Å². The standard InChI is InChI=1S/C2H3NO5S3/c4-3(5)2(1-9-10-3)11(6,7)8/h1,4-5H/p+1. The number of hydrogen-bond acceptors (Lipinski definition) is 6. The van der Waals surface area contributed by atoms with Crippen molar-refractivity contribution in [3.05, 3.63) is 10.4 Å². The van der Waals surface area contributed by atoms with Crippen LogP contribution in [0, 0.1) is 0 Å². The molecule has 1 heterocycles. The fourth-order valence-electron chi connectivity index (χ4n) is 0.439. The number of nitrogens with zero attached hydrogens (tertiary/aromatic N) is 1. The van der Waals surface area contributed by atoms with Crippen molar-refractivity contribution in [1.29, 1.82) is 0 Å². The van der Waals surface area contributed by atoms with Crippen molar-refractivity contribution in [3.8, 4) is 0 Å². The highest BCUT2D eigenvalue weighted by molar-refractivity contribution is 8.76. The van der Waals surface area contributed by atoms with Crippen LogP contribution in [0.2, 0.25) is 0 Å². The molecule has 9 heteroatoms. The maximum Gasteiger partial charge on any atom is 0.353 e. The molecule has 1 aliphatic rings. The molecular formula is C2H4NO5S3+. The zero-order chi connectivity index (χ0) is 8.70. The van der Waals surface area contributed by atoms with Crippen LogP contribution in [-0.4, -0.2) is 27.6 Å². The fraction of sp³-hybridized carbons (Fsp3) is 0. The van der Waals surface area contributed by atoms with Gasteiger partial charge in [0.25, 0.3) is 0 Å². The van der Waals surface area contributed by atoms with Gasteiger partial charge < -0.3 is 0 Å². The first kappa shape index (κ1) is 9.32. The molecule has 1 rings (SSSR count). The van der Waals surface area contributed by atoms with Gasteiger partial charge in [-0.05, 0) is 0 Å². The van der Waals surface area contributed by atoms with Gasteiger partial charge in [0.2, 0.25) is 11.0 Å². The van der Waals surface area contributed by atoms with Crippen molar-refractivity contribution in [1.82, 2.24) is 0 Å². The second-order valence-corrected chi connectivity index (χ2v) is 5.13. The van der Waals surface area contributed by atoms with Gasteiger partial charge >= 0.3 is 15.1 Å². The molecule has 3 N–H and O–H groups in total. The molecule has 0 unspecified atom stereocenters. The van der Waals surface area contributed by atoms with E-state index in [0.717, 1.165) is 16.2 Å². The second kappa shape index (κ2) is 2.62. The molecule has 0 aromatic heterocycles. The summed E-state index contributed by atoms with van der Waals surface area (Å²) in [7, 11) is -3.25. The summed E-state index contributed by atoms with van der Waals surface area (Å²) < 4.78 is 27.3. The quantitative estimate of drug-likeness (QED) is 0.256. The summed E-state index contributed by atoms with van der Waals surface area (Å²) in [5, 5.41) is 17.7. The van der Waals surface area contributed by atoms with Crippen molar-refractivity contribution >= 4 is 31.9 Å². The molecule has 0 amide bonds. The average Bonchev–Trinajstić information content (AvgIpc) is 2.06. The van der Waals surface area contributed by atoms with Gasteiger partial charge in [0, 0.05) is 10.8 Å². The number of quaternary nitrogens is 1. The number of hydrogen-bond donors (Lipinski definition) is 3. The Morgan fingerprint density at radius 1 is 1.45 bits per heavy atom. The largest absolute Gasteiger partial charge is 0.353 e. The Balaban J connectivity index is 3.08. The summed E-state index contributed by atoms with van der Waals surface area (Å²) in [5.74, 6) is 0. The van der Waals surface area contributed by atoms with Gasteiger partial charge in [-0.3, -0.25) is 4.55 Å². The molecule has 6 nitrogen and oxygen atoms in total. The maximum absolute atomic E-state index is 10.4. The van der Waals surface area contributed by atoms with Crippen molar-refractivity contribution in [2.45, 2.75) is 0 Å². The molecule has 0 saturated carbocycles. The summed E-state index contributed by atoms with van der Waals surface area (Å²) in [6.45, 7) is 0. The number of hydroxylamine groups is 2. The lowest BCUT2D eigenvalue weighted by Gasteiger charge is -2.10. The van der Waals surface area contributed by atoms with Gasteiger partial charge in [0.1, 0.15) is 0 Å². The van der Waals surface area contributed by atoms with Crippen LogP contribution in [0.1, 0.15) is 0 Å². The van der Waals surface area contributed by atoms with Gasteiger partial charge in [0.05, 0.1) is 9.62 Å². The summed E-state index contributed by atoms with van der Waals surface area (Å²) in [4.78, 5) is 0. The third-order valence-electron chi connectivity index (χ3n) is 0.847. The zero-order valence-corrected chi connectivity index (χ0v) is 7.36. The highest BCUT2D eigenvalue weighted by atomic mass is 33.1. The van der Waals surface area contributed by atoms with E-state index < -0.39 is 19.4 Å². The Morgan fingerprint density at radius 3 is 2.18 bits per heavy atom. The van der Waals surface area contributed by atoms with Crippen molar-refractivity contribution in [2.24, 2.45) is 0 Å². The van der Waals surface area contributed by atoms with Crippen LogP contribution in [0.4, 0.5) is 0 Å². The third kappa shape index (κ3) is 1.87. The Labute approximate surface area is 70.3 Å². The maximum atomic E-state index is 10.4. The minimum absolute atomic E-state index is 0.468. The summed E-state index contributed by atoms with van der Waals surface area (Å²) >= 11 is 0. The van der Waals surface area contributed by atoms with E-state index in [-0.39, 0.29) is 0 Å². The molecular weight excluding hydrogens is 214 g/mol. The Morgan fingerprint density at radius 2 is 2.00 bits per heavy atom. The molecule has 11 heavy (non-hydrogen) atoms. The van der Waals surface area contributed by atoms with Crippen LogP contribution in [0.25, 0.3) is 0 Å². The molecule has 0 aromatic carbocycles. The zero-order valence-electron chi connectivity index (χ0n) is 4.91. The summed E-state index contributed by atoms with van der Waals surface area (Å²) in [6, 6.07) is 0. The molecule has 1 aliphatic heterocycles. The topological polar surface area (TPSA) is 94.8 Å². The van der Waals surface area contributed by atoms with E-state index in [1.54, 1.807) is 0 Å². The second-order valence-electron chi connectivity index (χ2n) is 1.65. The highest BCUT2D eigenvalue weighted by Gasteiger charge is 2.46. The first-order valence-corrected chi connectivity index (χ1v) is 5.83. The highest BCUT2D eigenvalue weighted by Crippen LogP contribution is 2.44. The van der Waals surface area contributed by atoms with Crippen LogP contribution < -0.4 is 0 Å². The Kier molecular flexibility index (Phi) is 2.22. The van der Waals surface area contributed by atoms with E-state index in [0.29, 0.717) is 11.0 Å². The van der Waals surface area contributed by atoms with Gasteiger partial charge in [0.15, 0.2) is 0 Å². The smallest absolute Gasteiger partial charge is 0.278 e.